The number of nitrogens with zero attached hydrogens (tertiary/aromatic N) is 1. The molecule has 25 heavy (non-hydrogen) atoms. The number of halogens is 1. The second-order valence-electron chi connectivity index (χ2n) is 7.14. The summed E-state index contributed by atoms with van der Waals surface area (Å²) in [6, 6.07) is 0. The van der Waals surface area contributed by atoms with E-state index in [1.165, 1.54) is 32.1 Å². The highest BCUT2D eigenvalue weighted by Gasteiger charge is 2.17. The predicted octanol–water partition coefficient (Wildman–Crippen LogP) is 3.39. The van der Waals surface area contributed by atoms with Crippen LogP contribution in [0, 0.1) is 5.92 Å². The topological polar surface area (TPSA) is 65.5 Å². The third-order valence-electron chi connectivity index (χ3n) is 4.45. The van der Waals surface area contributed by atoms with E-state index in [2.05, 4.69) is 48.0 Å². The number of guanidine groups is 1. The van der Waals surface area contributed by atoms with Gasteiger partial charge in [-0.2, -0.15) is 11.8 Å². The molecule has 0 aromatic heterocycles. The summed E-state index contributed by atoms with van der Waals surface area (Å²) < 4.78 is 0.135. The Labute approximate surface area is 175 Å². The molecule has 1 fully saturated rings. The van der Waals surface area contributed by atoms with Gasteiger partial charge in [-0.05, 0) is 45.8 Å². The lowest BCUT2D eigenvalue weighted by Crippen LogP contribution is -2.42. The van der Waals surface area contributed by atoms with E-state index in [-0.39, 0.29) is 34.6 Å². The Morgan fingerprint density at radius 1 is 1.12 bits per heavy atom. The molecule has 7 heteroatoms. The summed E-state index contributed by atoms with van der Waals surface area (Å²) in [5.74, 6) is 1.61. The average molecular weight is 484 g/mol. The maximum Gasteiger partial charge on any atom is 0.220 e. The van der Waals surface area contributed by atoms with Gasteiger partial charge in [0.2, 0.25) is 5.91 Å². The number of hydrogen-bond donors (Lipinski definition) is 3. The third kappa shape index (κ3) is 11.9. The molecular weight excluding hydrogens is 447 g/mol. The summed E-state index contributed by atoms with van der Waals surface area (Å²) in [4.78, 5) is 16.6. The van der Waals surface area contributed by atoms with Gasteiger partial charge >= 0.3 is 0 Å². The number of thioether (sulfide) groups is 1. The lowest BCUT2D eigenvalue weighted by Gasteiger charge is -2.21. The highest BCUT2D eigenvalue weighted by Crippen LogP contribution is 2.26. The van der Waals surface area contributed by atoms with Gasteiger partial charge in [0.25, 0.3) is 0 Å². The molecule has 0 aromatic rings. The van der Waals surface area contributed by atoms with E-state index >= 15 is 0 Å². The average Bonchev–Trinajstić information content (AvgIpc) is 2.57. The van der Waals surface area contributed by atoms with Crippen molar-refractivity contribution in [2.75, 3.05) is 32.4 Å². The SMILES string of the molecule is CCNC(=NCC(C)(C)SC)NCCNC(=O)CC1CCCCC1.I. The molecular formula is C18H37IN4OS. The summed E-state index contributed by atoms with van der Waals surface area (Å²) in [7, 11) is 0. The lowest BCUT2D eigenvalue weighted by molar-refractivity contribution is -0.122. The van der Waals surface area contributed by atoms with Gasteiger partial charge in [0, 0.05) is 30.8 Å². The third-order valence-corrected chi connectivity index (χ3v) is 5.69. The molecule has 1 aliphatic carbocycles. The Kier molecular flexibility index (Phi) is 13.8. The molecule has 5 nitrogen and oxygen atoms in total. The largest absolute Gasteiger partial charge is 0.357 e. The first-order valence-electron chi connectivity index (χ1n) is 9.31. The number of rotatable bonds is 9. The first kappa shape index (κ1) is 24.8. The molecule has 0 heterocycles. The quantitative estimate of drug-likeness (QED) is 0.203. The molecule has 0 unspecified atom stereocenters. The summed E-state index contributed by atoms with van der Waals surface area (Å²) >= 11 is 1.82. The summed E-state index contributed by atoms with van der Waals surface area (Å²) in [5, 5.41) is 9.56. The van der Waals surface area contributed by atoms with Crippen molar-refractivity contribution in [1.29, 1.82) is 0 Å². The molecule has 148 valence electrons. The van der Waals surface area contributed by atoms with E-state index in [1.807, 2.05) is 11.8 Å². The maximum absolute atomic E-state index is 12.0. The smallest absolute Gasteiger partial charge is 0.220 e. The highest BCUT2D eigenvalue weighted by atomic mass is 127. The molecule has 0 atom stereocenters. The van der Waals surface area contributed by atoms with Crippen LogP contribution in [-0.4, -0.2) is 49.0 Å². The second kappa shape index (κ2) is 13.9. The fourth-order valence-corrected chi connectivity index (χ4v) is 2.98. The van der Waals surface area contributed by atoms with E-state index in [1.54, 1.807) is 0 Å². The zero-order chi connectivity index (χ0) is 17.8. The van der Waals surface area contributed by atoms with Gasteiger partial charge in [-0.25, -0.2) is 0 Å². The van der Waals surface area contributed by atoms with Crippen molar-refractivity contribution in [2.45, 2.75) is 64.0 Å². The summed E-state index contributed by atoms with van der Waals surface area (Å²) in [6.45, 7) is 9.37. The van der Waals surface area contributed by atoms with Crippen LogP contribution in [0.4, 0.5) is 0 Å². The standard InChI is InChI=1S/C18H36N4OS.HI/c1-5-19-17(22-14-18(2,3)24-4)21-12-11-20-16(23)13-15-9-7-6-8-10-15;/h15H,5-14H2,1-4H3,(H,20,23)(H2,19,21,22);1H. The first-order chi connectivity index (χ1) is 11.5. The van der Waals surface area contributed by atoms with Crippen molar-refractivity contribution in [3.63, 3.8) is 0 Å². The molecule has 1 amide bonds. The summed E-state index contributed by atoms with van der Waals surface area (Å²) in [5.41, 5.74) is 0. The van der Waals surface area contributed by atoms with Crippen molar-refractivity contribution < 1.29 is 4.79 Å². The molecule has 1 aliphatic rings. The Hall–Kier alpha value is -0.180. The first-order valence-corrected chi connectivity index (χ1v) is 10.5. The van der Waals surface area contributed by atoms with E-state index in [4.69, 9.17) is 0 Å². The van der Waals surface area contributed by atoms with Gasteiger partial charge in [-0.3, -0.25) is 9.79 Å². The zero-order valence-corrected chi connectivity index (χ0v) is 19.5. The number of aliphatic imine (C=N–C) groups is 1. The lowest BCUT2D eigenvalue weighted by atomic mass is 9.87. The van der Waals surface area contributed by atoms with Gasteiger partial charge in [0.05, 0.1) is 6.54 Å². The van der Waals surface area contributed by atoms with Gasteiger partial charge in [0.1, 0.15) is 0 Å². The fraction of sp³-hybridized carbons (Fsp3) is 0.889. The zero-order valence-electron chi connectivity index (χ0n) is 16.3. The van der Waals surface area contributed by atoms with Crippen LogP contribution in [0.25, 0.3) is 0 Å². The van der Waals surface area contributed by atoms with Crippen molar-refractivity contribution >= 4 is 47.6 Å². The van der Waals surface area contributed by atoms with Crippen LogP contribution >= 0.6 is 35.7 Å². The highest BCUT2D eigenvalue weighted by molar-refractivity contribution is 14.0. The minimum Gasteiger partial charge on any atom is -0.357 e. The van der Waals surface area contributed by atoms with Gasteiger partial charge in [-0.15, -0.1) is 24.0 Å². The Bertz CT molecular complexity index is 399. The van der Waals surface area contributed by atoms with Crippen LogP contribution in [0.2, 0.25) is 0 Å². The van der Waals surface area contributed by atoms with Crippen molar-refractivity contribution in [3.05, 3.63) is 0 Å². The van der Waals surface area contributed by atoms with Crippen LogP contribution < -0.4 is 16.0 Å². The van der Waals surface area contributed by atoms with Crippen molar-refractivity contribution in [1.82, 2.24) is 16.0 Å². The molecule has 0 bridgehead atoms. The Morgan fingerprint density at radius 3 is 2.36 bits per heavy atom. The Morgan fingerprint density at radius 2 is 1.76 bits per heavy atom. The number of hydrogen-bond acceptors (Lipinski definition) is 3. The minimum absolute atomic E-state index is 0. The minimum atomic E-state index is 0. The van der Waals surface area contributed by atoms with E-state index in [0.29, 0.717) is 25.4 Å². The van der Waals surface area contributed by atoms with E-state index in [0.717, 1.165) is 19.0 Å². The number of amides is 1. The normalized spacial score (nSPS) is 16.1. The molecule has 1 saturated carbocycles. The Balaban J connectivity index is 0.00000576. The molecule has 0 radical (unpaired) electrons. The number of carbonyl (C=O) groups excluding carboxylic acids is 1. The molecule has 0 spiro atoms. The van der Waals surface area contributed by atoms with Gasteiger partial charge < -0.3 is 16.0 Å². The van der Waals surface area contributed by atoms with Crippen molar-refractivity contribution in [2.24, 2.45) is 10.9 Å². The monoisotopic (exact) mass is 484 g/mol. The van der Waals surface area contributed by atoms with Crippen molar-refractivity contribution in [3.8, 4) is 0 Å². The van der Waals surface area contributed by atoms with Crippen LogP contribution in [0.1, 0.15) is 59.3 Å². The molecule has 1 rings (SSSR count). The van der Waals surface area contributed by atoms with Crippen LogP contribution in [-0.2, 0) is 4.79 Å². The van der Waals surface area contributed by atoms with Gasteiger partial charge in [-0.1, -0.05) is 19.3 Å². The van der Waals surface area contributed by atoms with Crippen LogP contribution in [0.3, 0.4) is 0 Å². The molecule has 0 aromatic carbocycles. The second-order valence-corrected chi connectivity index (χ2v) is 8.66. The number of carbonyl (C=O) groups is 1. The maximum atomic E-state index is 12.0. The van der Waals surface area contributed by atoms with Crippen LogP contribution in [0.5, 0.6) is 0 Å². The van der Waals surface area contributed by atoms with Gasteiger partial charge in [0.15, 0.2) is 5.96 Å². The molecule has 3 N–H and O–H groups in total. The number of nitrogens with one attached hydrogen (secondary N) is 3. The summed E-state index contributed by atoms with van der Waals surface area (Å²) in [6.07, 6.45) is 9.14. The molecule has 0 aliphatic heterocycles. The van der Waals surface area contributed by atoms with E-state index < -0.39 is 0 Å². The predicted molar refractivity (Wildman–Crippen MR) is 121 cm³/mol. The van der Waals surface area contributed by atoms with E-state index in [9.17, 15) is 4.79 Å². The molecule has 0 saturated heterocycles. The fourth-order valence-electron chi connectivity index (χ4n) is 2.78. The van der Waals surface area contributed by atoms with Crippen LogP contribution in [0.15, 0.2) is 4.99 Å².